The van der Waals surface area contributed by atoms with Gasteiger partial charge in [-0.1, -0.05) is 42.5 Å². The number of likely N-dealkylation sites (tertiary alicyclic amines) is 1. The van der Waals surface area contributed by atoms with Gasteiger partial charge in [-0.25, -0.2) is 4.39 Å². The Bertz CT molecular complexity index is 1100. The van der Waals surface area contributed by atoms with Gasteiger partial charge in [-0.3, -0.25) is 9.59 Å². The zero-order valence-electron chi connectivity index (χ0n) is 18.3. The van der Waals surface area contributed by atoms with Crippen molar-refractivity contribution in [2.24, 2.45) is 0 Å². The molecule has 0 unspecified atom stereocenters. The normalized spacial score (nSPS) is 13.2. The number of amides is 2. The van der Waals surface area contributed by atoms with Crippen molar-refractivity contribution in [3.05, 3.63) is 101 Å². The molecule has 0 bridgehead atoms. The number of hydrogen-bond acceptors (Lipinski definition) is 2. The molecule has 5 heteroatoms. The molecule has 1 saturated heterocycles. The molecule has 0 aromatic heterocycles. The maximum Gasteiger partial charge on any atom is 0.258 e. The molecule has 0 aliphatic carbocycles. The fraction of sp³-hybridized carbons (Fsp3) is 0.259. The van der Waals surface area contributed by atoms with Crippen LogP contribution in [0, 0.1) is 12.7 Å². The first-order chi connectivity index (χ1) is 15.5. The smallest absolute Gasteiger partial charge is 0.258 e. The van der Waals surface area contributed by atoms with E-state index in [9.17, 15) is 14.0 Å². The fourth-order valence-electron chi connectivity index (χ4n) is 4.10. The molecule has 164 valence electrons. The van der Waals surface area contributed by atoms with Gasteiger partial charge in [0.1, 0.15) is 5.82 Å². The summed E-state index contributed by atoms with van der Waals surface area (Å²) < 4.78 is 13.8. The van der Waals surface area contributed by atoms with E-state index in [1.54, 1.807) is 17.0 Å². The van der Waals surface area contributed by atoms with E-state index < -0.39 is 0 Å². The van der Waals surface area contributed by atoms with Gasteiger partial charge in [0.05, 0.1) is 13.0 Å². The van der Waals surface area contributed by atoms with Gasteiger partial charge in [-0.15, -0.1) is 0 Å². The Morgan fingerprint density at radius 1 is 0.906 bits per heavy atom. The maximum absolute atomic E-state index is 13.8. The van der Waals surface area contributed by atoms with Gasteiger partial charge in [-0.05, 0) is 66.8 Å². The number of nitrogens with zero attached hydrogens (tertiary/aromatic N) is 2. The van der Waals surface area contributed by atoms with Crippen molar-refractivity contribution in [2.45, 2.75) is 32.7 Å². The van der Waals surface area contributed by atoms with Crippen LogP contribution in [0.5, 0.6) is 0 Å². The zero-order chi connectivity index (χ0) is 22.5. The zero-order valence-corrected chi connectivity index (χ0v) is 18.3. The molecule has 1 aliphatic heterocycles. The molecule has 0 radical (unpaired) electrons. The molecule has 4 nitrogen and oxygen atoms in total. The summed E-state index contributed by atoms with van der Waals surface area (Å²) in [6, 6.07) is 21.3. The fourth-order valence-corrected chi connectivity index (χ4v) is 4.10. The first-order valence-electron chi connectivity index (χ1n) is 11.0. The van der Waals surface area contributed by atoms with E-state index >= 15 is 0 Å². The number of carbonyl (C=O) groups excluding carboxylic acids is 2. The monoisotopic (exact) mass is 430 g/mol. The third-order valence-electron chi connectivity index (χ3n) is 5.91. The number of halogens is 1. The Kier molecular flexibility index (Phi) is 6.64. The van der Waals surface area contributed by atoms with E-state index in [2.05, 4.69) is 0 Å². The minimum atomic E-state index is -0.332. The summed E-state index contributed by atoms with van der Waals surface area (Å²) in [6.45, 7) is 3.82. The summed E-state index contributed by atoms with van der Waals surface area (Å²) in [6.07, 6.45) is 2.50. The lowest BCUT2D eigenvalue weighted by Crippen LogP contribution is -2.31. The van der Waals surface area contributed by atoms with Crippen molar-refractivity contribution in [3.8, 4) is 0 Å². The molecule has 1 fully saturated rings. The van der Waals surface area contributed by atoms with Gasteiger partial charge in [-0.2, -0.15) is 0 Å². The minimum absolute atomic E-state index is 0.142. The third-order valence-corrected chi connectivity index (χ3v) is 5.91. The van der Waals surface area contributed by atoms with E-state index in [1.165, 1.54) is 12.1 Å². The minimum Gasteiger partial charge on any atom is -0.342 e. The highest BCUT2D eigenvalue weighted by Crippen LogP contribution is 2.23. The van der Waals surface area contributed by atoms with E-state index in [1.807, 2.05) is 60.4 Å². The molecular weight excluding hydrogens is 403 g/mol. The van der Waals surface area contributed by atoms with Gasteiger partial charge in [0.15, 0.2) is 0 Å². The molecule has 0 atom stereocenters. The number of anilines is 1. The first-order valence-corrected chi connectivity index (χ1v) is 11.0. The predicted molar refractivity (Wildman–Crippen MR) is 124 cm³/mol. The molecule has 3 aromatic carbocycles. The van der Waals surface area contributed by atoms with Crippen molar-refractivity contribution in [2.75, 3.05) is 18.0 Å². The standard InChI is InChI=1S/C27H27FN2O2/c1-20-7-2-3-10-25(20)27(32)30(19-22-8-6-9-23(28)17-22)24-13-11-21(12-14-24)18-26(31)29-15-4-5-16-29/h2-3,6-14,17H,4-5,15-16,18-19H2,1H3. The van der Waals surface area contributed by atoms with Crippen LogP contribution >= 0.6 is 0 Å². The number of rotatable bonds is 6. The highest BCUT2D eigenvalue weighted by Gasteiger charge is 2.21. The van der Waals surface area contributed by atoms with Crippen LogP contribution in [0.2, 0.25) is 0 Å². The maximum atomic E-state index is 13.8. The molecule has 0 saturated carbocycles. The second kappa shape index (κ2) is 9.77. The highest BCUT2D eigenvalue weighted by molar-refractivity contribution is 6.07. The number of benzene rings is 3. The van der Waals surface area contributed by atoms with E-state index in [4.69, 9.17) is 0 Å². The van der Waals surface area contributed by atoms with E-state index in [0.29, 0.717) is 23.2 Å². The van der Waals surface area contributed by atoms with Crippen LogP contribution < -0.4 is 4.90 Å². The third kappa shape index (κ3) is 5.05. The summed E-state index contributed by atoms with van der Waals surface area (Å²) in [4.78, 5) is 29.5. The van der Waals surface area contributed by atoms with Crippen molar-refractivity contribution < 1.29 is 14.0 Å². The average molecular weight is 431 g/mol. The number of hydrogen-bond donors (Lipinski definition) is 0. The summed E-state index contributed by atoms with van der Waals surface area (Å²) in [7, 11) is 0. The van der Waals surface area contributed by atoms with Gasteiger partial charge in [0, 0.05) is 24.3 Å². The molecule has 4 rings (SSSR count). The number of aryl methyl sites for hydroxylation is 1. The molecular formula is C27H27FN2O2. The molecule has 0 N–H and O–H groups in total. The Morgan fingerprint density at radius 2 is 1.62 bits per heavy atom. The van der Waals surface area contributed by atoms with Crippen LogP contribution in [-0.2, 0) is 17.8 Å². The first kappa shape index (κ1) is 21.8. The van der Waals surface area contributed by atoms with Gasteiger partial charge in [0.25, 0.3) is 5.91 Å². The van der Waals surface area contributed by atoms with Crippen molar-refractivity contribution >= 4 is 17.5 Å². The second-order valence-electron chi connectivity index (χ2n) is 8.27. The van der Waals surface area contributed by atoms with Crippen LogP contribution in [0.15, 0.2) is 72.8 Å². The Hall–Kier alpha value is -3.47. The topological polar surface area (TPSA) is 40.6 Å². The Labute approximate surface area is 188 Å². The number of carbonyl (C=O) groups is 2. The molecule has 1 aliphatic rings. The van der Waals surface area contributed by atoms with E-state index in [-0.39, 0.29) is 24.2 Å². The van der Waals surface area contributed by atoms with Crippen LogP contribution in [0.25, 0.3) is 0 Å². The van der Waals surface area contributed by atoms with Gasteiger partial charge < -0.3 is 9.80 Å². The lowest BCUT2D eigenvalue weighted by Gasteiger charge is -2.24. The second-order valence-corrected chi connectivity index (χ2v) is 8.27. The molecule has 3 aromatic rings. The van der Waals surface area contributed by atoms with Crippen molar-refractivity contribution in [1.29, 1.82) is 0 Å². The van der Waals surface area contributed by atoms with Crippen molar-refractivity contribution in [1.82, 2.24) is 4.90 Å². The van der Waals surface area contributed by atoms with Crippen LogP contribution in [0.4, 0.5) is 10.1 Å². The predicted octanol–water partition coefficient (Wildman–Crippen LogP) is 5.15. The molecule has 1 heterocycles. The summed E-state index contributed by atoms with van der Waals surface area (Å²) >= 11 is 0. The van der Waals surface area contributed by atoms with Crippen LogP contribution in [-0.4, -0.2) is 29.8 Å². The largest absolute Gasteiger partial charge is 0.342 e. The van der Waals surface area contributed by atoms with E-state index in [0.717, 1.165) is 37.1 Å². The quantitative estimate of drug-likeness (QED) is 0.543. The summed E-state index contributed by atoms with van der Waals surface area (Å²) in [5, 5.41) is 0. The van der Waals surface area contributed by atoms with Crippen molar-refractivity contribution in [3.63, 3.8) is 0 Å². The van der Waals surface area contributed by atoms with Crippen LogP contribution in [0.1, 0.15) is 39.9 Å². The Morgan fingerprint density at radius 3 is 2.31 bits per heavy atom. The molecule has 0 spiro atoms. The lowest BCUT2D eigenvalue weighted by atomic mass is 10.1. The molecule has 32 heavy (non-hydrogen) atoms. The molecule has 2 amide bonds. The summed E-state index contributed by atoms with van der Waals surface area (Å²) in [5.41, 5.74) is 3.83. The average Bonchev–Trinajstić information content (AvgIpc) is 3.33. The SMILES string of the molecule is Cc1ccccc1C(=O)N(Cc1cccc(F)c1)c1ccc(CC(=O)N2CCCC2)cc1. The summed E-state index contributed by atoms with van der Waals surface area (Å²) in [5.74, 6) is -0.335. The van der Waals surface area contributed by atoms with Crippen LogP contribution in [0.3, 0.4) is 0 Å². The Balaban J connectivity index is 1.59. The highest BCUT2D eigenvalue weighted by atomic mass is 19.1. The van der Waals surface area contributed by atoms with Gasteiger partial charge >= 0.3 is 0 Å². The van der Waals surface area contributed by atoms with Gasteiger partial charge in [0.2, 0.25) is 5.91 Å². The lowest BCUT2D eigenvalue weighted by molar-refractivity contribution is -0.129.